The molecule has 1 N–H and O–H groups in total. The average Bonchev–Trinajstić information content (AvgIpc) is 3.13. The van der Waals surface area contributed by atoms with Gasteiger partial charge in [0.25, 0.3) is 15.0 Å². The van der Waals surface area contributed by atoms with Crippen molar-refractivity contribution in [3.05, 3.63) is 28.0 Å². The number of carbonyl (C=O) groups is 1. The van der Waals surface area contributed by atoms with Gasteiger partial charge in [0.2, 0.25) is 0 Å². The van der Waals surface area contributed by atoms with Crippen LogP contribution in [0.15, 0.2) is 21.5 Å². The first-order valence-electron chi connectivity index (χ1n) is 6.28. The fraction of sp³-hybridized carbons (Fsp3) is 0.462. The van der Waals surface area contributed by atoms with Crippen LogP contribution in [0, 0.1) is 11.7 Å². The molecule has 116 valence electrons. The van der Waals surface area contributed by atoms with Crippen LogP contribution in [0.5, 0.6) is 0 Å². The van der Waals surface area contributed by atoms with Crippen molar-refractivity contribution in [2.75, 3.05) is 0 Å². The molecule has 1 fully saturated rings. The van der Waals surface area contributed by atoms with Crippen molar-refractivity contribution < 1.29 is 17.6 Å². The number of hydrogen-bond acceptors (Lipinski definition) is 3. The van der Waals surface area contributed by atoms with Crippen LogP contribution in [0.2, 0.25) is 0 Å². The molecule has 0 atom stereocenters. The Morgan fingerprint density at radius 2 is 2.00 bits per heavy atom. The van der Waals surface area contributed by atoms with Crippen LogP contribution in [-0.4, -0.2) is 19.9 Å². The topological polar surface area (TPSA) is 63.2 Å². The van der Waals surface area contributed by atoms with Crippen LogP contribution >= 0.6 is 26.6 Å². The van der Waals surface area contributed by atoms with Gasteiger partial charge in [-0.3, -0.25) is 4.79 Å². The van der Waals surface area contributed by atoms with Gasteiger partial charge in [0.15, 0.2) is 5.82 Å². The molecule has 0 spiro atoms. The maximum absolute atomic E-state index is 14.2. The zero-order valence-corrected chi connectivity index (χ0v) is 14.6. The van der Waals surface area contributed by atoms with E-state index in [1.165, 1.54) is 6.07 Å². The molecule has 1 amide bonds. The van der Waals surface area contributed by atoms with Crippen LogP contribution in [0.1, 0.15) is 37.0 Å². The highest BCUT2D eigenvalue weighted by Gasteiger charge is 2.39. The van der Waals surface area contributed by atoms with Crippen molar-refractivity contribution in [2.24, 2.45) is 5.92 Å². The Balaban J connectivity index is 2.39. The number of halogens is 3. The van der Waals surface area contributed by atoms with E-state index in [2.05, 4.69) is 21.2 Å². The third-order valence-electron chi connectivity index (χ3n) is 3.54. The fourth-order valence-corrected chi connectivity index (χ4v) is 3.71. The molecule has 1 aliphatic rings. The number of rotatable bonds is 4. The third kappa shape index (κ3) is 3.76. The van der Waals surface area contributed by atoms with E-state index in [9.17, 15) is 17.6 Å². The Morgan fingerprint density at radius 3 is 2.48 bits per heavy atom. The highest BCUT2D eigenvalue weighted by atomic mass is 79.9. The zero-order valence-electron chi connectivity index (χ0n) is 11.4. The largest absolute Gasteiger partial charge is 0.347 e. The van der Waals surface area contributed by atoms with E-state index < -0.39 is 31.2 Å². The average molecular weight is 399 g/mol. The summed E-state index contributed by atoms with van der Waals surface area (Å²) in [6.45, 7) is 3.72. The van der Waals surface area contributed by atoms with Gasteiger partial charge in [-0.1, -0.05) is 15.9 Å². The van der Waals surface area contributed by atoms with Crippen LogP contribution in [0.25, 0.3) is 0 Å². The molecule has 0 bridgehead atoms. The van der Waals surface area contributed by atoms with Crippen LogP contribution in [0.4, 0.5) is 4.39 Å². The van der Waals surface area contributed by atoms with Crippen molar-refractivity contribution in [3.63, 3.8) is 0 Å². The SMILES string of the molecule is CC(C)(NC(=O)c1cc(Br)cc(S(=O)(=O)Cl)c1F)C1CC1. The van der Waals surface area contributed by atoms with Crippen molar-refractivity contribution in [2.45, 2.75) is 37.1 Å². The summed E-state index contributed by atoms with van der Waals surface area (Å²) in [5, 5.41) is 2.74. The Hall–Kier alpha value is -0.660. The molecule has 4 nitrogen and oxygen atoms in total. The predicted molar refractivity (Wildman–Crippen MR) is 81.4 cm³/mol. The van der Waals surface area contributed by atoms with Crippen LogP contribution in [0.3, 0.4) is 0 Å². The van der Waals surface area contributed by atoms with Gasteiger partial charge in [0.05, 0.1) is 5.56 Å². The summed E-state index contributed by atoms with van der Waals surface area (Å²) in [5.74, 6) is -1.45. The number of carbonyl (C=O) groups excluding carboxylic acids is 1. The highest BCUT2D eigenvalue weighted by Crippen LogP contribution is 2.39. The number of amides is 1. The lowest BCUT2D eigenvalue weighted by molar-refractivity contribution is 0.0898. The van der Waals surface area contributed by atoms with E-state index in [0.717, 1.165) is 18.9 Å². The Bertz CT molecular complexity index is 702. The van der Waals surface area contributed by atoms with Crippen LogP contribution in [-0.2, 0) is 9.05 Å². The Morgan fingerprint density at radius 1 is 1.43 bits per heavy atom. The first kappa shape index (κ1) is 16.7. The second kappa shape index (κ2) is 5.52. The van der Waals surface area contributed by atoms with E-state index in [1.54, 1.807) is 0 Å². The molecule has 0 aromatic heterocycles. The van der Waals surface area contributed by atoms with Gasteiger partial charge in [0, 0.05) is 20.7 Å². The minimum atomic E-state index is -4.27. The molecule has 0 saturated heterocycles. The molecule has 1 aromatic carbocycles. The lowest BCUT2D eigenvalue weighted by Gasteiger charge is -2.26. The first-order chi connectivity index (χ1) is 9.52. The highest BCUT2D eigenvalue weighted by molar-refractivity contribution is 9.10. The summed E-state index contributed by atoms with van der Waals surface area (Å²) in [6, 6.07) is 2.26. The Labute approximate surface area is 135 Å². The smallest absolute Gasteiger partial charge is 0.264 e. The Kier molecular flexibility index (Phi) is 4.39. The van der Waals surface area contributed by atoms with Gasteiger partial charge in [-0.15, -0.1) is 0 Å². The number of nitrogens with one attached hydrogen (secondary N) is 1. The lowest BCUT2D eigenvalue weighted by Crippen LogP contribution is -2.45. The molecular weight excluding hydrogens is 385 g/mol. The summed E-state index contributed by atoms with van der Waals surface area (Å²) in [4.78, 5) is 11.5. The second-order valence-corrected chi connectivity index (χ2v) is 9.10. The van der Waals surface area contributed by atoms with Crippen molar-refractivity contribution in [1.29, 1.82) is 0 Å². The first-order valence-corrected chi connectivity index (χ1v) is 9.39. The molecule has 1 aliphatic carbocycles. The minimum absolute atomic E-state index is 0.262. The molecule has 0 radical (unpaired) electrons. The molecule has 8 heteroatoms. The summed E-state index contributed by atoms with van der Waals surface area (Å²) < 4.78 is 37.2. The lowest BCUT2D eigenvalue weighted by atomic mass is 9.98. The summed E-state index contributed by atoms with van der Waals surface area (Å²) in [5.41, 5.74) is -0.816. The van der Waals surface area contributed by atoms with E-state index in [0.29, 0.717) is 5.92 Å². The molecule has 0 heterocycles. The molecule has 1 aromatic rings. The fourth-order valence-electron chi connectivity index (χ4n) is 2.17. The third-order valence-corrected chi connectivity index (χ3v) is 5.32. The molecule has 21 heavy (non-hydrogen) atoms. The van der Waals surface area contributed by atoms with Crippen LogP contribution < -0.4 is 5.32 Å². The second-order valence-electron chi connectivity index (χ2n) is 5.65. The molecule has 0 aliphatic heterocycles. The molecule has 1 saturated carbocycles. The van der Waals surface area contributed by atoms with Gasteiger partial charge in [0.1, 0.15) is 4.90 Å². The quantitative estimate of drug-likeness (QED) is 0.790. The maximum Gasteiger partial charge on any atom is 0.264 e. The minimum Gasteiger partial charge on any atom is -0.347 e. The summed E-state index contributed by atoms with van der Waals surface area (Å²) in [7, 11) is 0.913. The number of hydrogen-bond donors (Lipinski definition) is 1. The van der Waals surface area contributed by atoms with E-state index in [4.69, 9.17) is 10.7 Å². The molecule has 2 rings (SSSR count). The summed E-state index contributed by atoms with van der Waals surface area (Å²) >= 11 is 3.06. The standard InChI is InChI=1S/C13H14BrClFNO3S/c1-13(2,7-3-4-7)17-12(18)9-5-8(14)6-10(11(9)16)21(15,19)20/h5-7H,3-4H2,1-2H3,(H,17,18). The zero-order chi connectivity index (χ0) is 16.0. The molecular formula is C13H14BrClFNO3S. The predicted octanol–water partition coefficient (Wildman–Crippen LogP) is 3.43. The number of benzene rings is 1. The monoisotopic (exact) mass is 397 g/mol. The van der Waals surface area contributed by atoms with Gasteiger partial charge < -0.3 is 5.32 Å². The van der Waals surface area contributed by atoms with Gasteiger partial charge in [-0.05, 0) is 44.7 Å². The molecule has 0 unspecified atom stereocenters. The maximum atomic E-state index is 14.2. The van der Waals surface area contributed by atoms with E-state index in [-0.39, 0.29) is 10.0 Å². The van der Waals surface area contributed by atoms with Gasteiger partial charge in [-0.2, -0.15) is 0 Å². The summed E-state index contributed by atoms with van der Waals surface area (Å²) in [6.07, 6.45) is 2.02. The van der Waals surface area contributed by atoms with Crippen molar-refractivity contribution >= 4 is 41.6 Å². The van der Waals surface area contributed by atoms with Crippen molar-refractivity contribution in [3.8, 4) is 0 Å². The van der Waals surface area contributed by atoms with Gasteiger partial charge in [-0.25, -0.2) is 12.8 Å². The normalized spacial score (nSPS) is 15.9. The van der Waals surface area contributed by atoms with Crippen molar-refractivity contribution in [1.82, 2.24) is 5.32 Å². The van der Waals surface area contributed by atoms with E-state index >= 15 is 0 Å². The van der Waals surface area contributed by atoms with E-state index in [1.807, 2.05) is 13.8 Å². The van der Waals surface area contributed by atoms with Gasteiger partial charge >= 0.3 is 0 Å².